The van der Waals surface area contributed by atoms with Crippen LogP contribution in [0.2, 0.25) is 0 Å². The molecule has 1 saturated heterocycles. The van der Waals surface area contributed by atoms with E-state index in [1.54, 1.807) is 7.11 Å². The van der Waals surface area contributed by atoms with Gasteiger partial charge < -0.3 is 14.8 Å². The van der Waals surface area contributed by atoms with Gasteiger partial charge in [-0.3, -0.25) is 10.1 Å². The average Bonchev–Trinajstić information content (AvgIpc) is 3.23. The number of rotatable bonds is 4. The van der Waals surface area contributed by atoms with Crippen LogP contribution >= 0.6 is 0 Å². The number of nitrogens with one attached hydrogen (secondary N) is 2. The van der Waals surface area contributed by atoms with Crippen LogP contribution in [0.15, 0.2) is 42.5 Å². The molecule has 2 aromatic rings. The Morgan fingerprint density at radius 2 is 1.84 bits per heavy atom. The summed E-state index contributed by atoms with van der Waals surface area (Å²) in [6.07, 6.45) is 4.49. The summed E-state index contributed by atoms with van der Waals surface area (Å²) in [5.74, 6) is 0.555. The smallest absolute Gasteiger partial charge is 0.322 e. The molecule has 2 N–H and O–H groups in total. The maximum atomic E-state index is 13.4. The largest absolute Gasteiger partial charge is 0.497 e. The lowest BCUT2D eigenvalue weighted by molar-refractivity contribution is -0.131. The summed E-state index contributed by atoms with van der Waals surface area (Å²) in [5.41, 5.74) is 2.73. The second-order valence-electron chi connectivity index (χ2n) is 8.87. The molecule has 3 amide bonds. The lowest BCUT2D eigenvalue weighted by Crippen LogP contribution is -2.56. The maximum absolute atomic E-state index is 13.4. The van der Waals surface area contributed by atoms with E-state index in [1.807, 2.05) is 31.2 Å². The fourth-order valence-corrected chi connectivity index (χ4v) is 5.96. The number of hydrogen-bond acceptors (Lipinski definition) is 4. The molecule has 2 aliphatic carbocycles. The number of carbonyl (C=O) groups excluding carboxylic acids is 2. The molecule has 6 heteroatoms. The van der Waals surface area contributed by atoms with Gasteiger partial charge in [-0.1, -0.05) is 24.3 Å². The van der Waals surface area contributed by atoms with Crippen molar-refractivity contribution in [3.63, 3.8) is 0 Å². The molecule has 2 fully saturated rings. The van der Waals surface area contributed by atoms with E-state index < -0.39 is 11.6 Å². The van der Waals surface area contributed by atoms with Gasteiger partial charge in [-0.05, 0) is 79.5 Å². The molecule has 1 heterocycles. The van der Waals surface area contributed by atoms with Crippen LogP contribution in [0.5, 0.6) is 5.75 Å². The summed E-state index contributed by atoms with van der Waals surface area (Å²) < 4.78 is 11.2. The van der Waals surface area contributed by atoms with Crippen LogP contribution in [-0.2, 0) is 21.5 Å². The first kappa shape index (κ1) is 20.1. The van der Waals surface area contributed by atoms with Crippen molar-refractivity contribution in [2.45, 2.75) is 50.7 Å². The van der Waals surface area contributed by atoms with Gasteiger partial charge in [0.25, 0.3) is 5.91 Å². The Balaban J connectivity index is 1.59. The molecule has 1 unspecified atom stereocenters. The molecule has 5 rings (SSSR count). The SMILES string of the molecule is CCO[C@H]1CC[C@]2(CC1)Cc1ccc(-c3cccc(OC)c3)cc1C21NC(=O)NC1=O. The zero-order chi connectivity index (χ0) is 21.6. The first-order valence-corrected chi connectivity index (χ1v) is 11.0. The molecule has 1 saturated carbocycles. The van der Waals surface area contributed by atoms with E-state index in [1.165, 1.54) is 0 Å². The molecule has 0 bridgehead atoms. The van der Waals surface area contributed by atoms with Crippen molar-refractivity contribution in [2.75, 3.05) is 13.7 Å². The molecule has 2 spiro atoms. The van der Waals surface area contributed by atoms with Gasteiger partial charge in [0, 0.05) is 12.0 Å². The molecule has 6 nitrogen and oxygen atoms in total. The number of benzene rings is 2. The molecule has 31 heavy (non-hydrogen) atoms. The van der Waals surface area contributed by atoms with E-state index in [9.17, 15) is 9.59 Å². The zero-order valence-corrected chi connectivity index (χ0v) is 18.0. The van der Waals surface area contributed by atoms with Crippen molar-refractivity contribution in [2.24, 2.45) is 5.41 Å². The van der Waals surface area contributed by atoms with Crippen LogP contribution in [0.3, 0.4) is 0 Å². The van der Waals surface area contributed by atoms with Crippen molar-refractivity contribution in [3.8, 4) is 16.9 Å². The van der Waals surface area contributed by atoms with Gasteiger partial charge in [0.1, 0.15) is 5.75 Å². The van der Waals surface area contributed by atoms with Crippen LogP contribution < -0.4 is 15.4 Å². The zero-order valence-electron chi connectivity index (χ0n) is 18.0. The van der Waals surface area contributed by atoms with Gasteiger partial charge in [0.2, 0.25) is 0 Å². The summed E-state index contributed by atoms with van der Waals surface area (Å²) in [6.45, 7) is 2.71. The second-order valence-corrected chi connectivity index (χ2v) is 8.87. The van der Waals surface area contributed by atoms with Crippen LogP contribution in [0.4, 0.5) is 4.79 Å². The van der Waals surface area contributed by atoms with Gasteiger partial charge >= 0.3 is 6.03 Å². The predicted molar refractivity (Wildman–Crippen MR) is 117 cm³/mol. The van der Waals surface area contributed by atoms with Crippen molar-refractivity contribution in [1.82, 2.24) is 10.6 Å². The van der Waals surface area contributed by atoms with Gasteiger partial charge in [0.15, 0.2) is 5.54 Å². The van der Waals surface area contributed by atoms with Gasteiger partial charge in [0.05, 0.1) is 13.2 Å². The van der Waals surface area contributed by atoms with E-state index in [0.29, 0.717) is 6.61 Å². The molecular formula is C25H28N2O4. The Morgan fingerprint density at radius 3 is 2.52 bits per heavy atom. The van der Waals surface area contributed by atoms with Crippen LogP contribution in [-0.4, -0.2) is 31.8 Å². The third-order valence-corrected chi connectivity index (χ3v) is 7.40. The Hall–Kier alpha value is -2.86. The fraction of sp³-hybridized carbons (Fsp3) is 0.440. The maximum Gasteiger partial charge on any atom is 0.322 e. The third kappa shape index (κ3) is 2.96. The fourth-order valence-electron chi connectivity index (χ4n) is 5.96. The van der Waals surface area contributed by atoms with E-state index in [2.05, 4.69) is 28.8 Å². The van der Waals surface area contributed by atoms with E-state index in [-0.39, 0.29) is 17.4 Å². The Labute approximate surface area is 182 Å². The van der Waals surface area contributed by atoms with E-state index in [4.69, 9.17) is 9.47 Å². The van der Waals surface area contributed by atoms with Crippen LogP contribution in [0, 0.1) is 5.41 Å². The molecule has 2 aromatic carbocycles. The molecule has 0 radical (unpaired) electrons. The normalized spacial score (nSPS) is 29.2. The summed E-state index contributed by atoms with van der Waals surface area (Å²) in [7, 11) is 1.65. The minimum Gasteiger partial charge on any atom is -0.497 e. The van der Waals surface area contributed by atoms with Gasteiger partial charge in [-0.2, -0.15) is 0 Å². The summed E-state index contributed by atoms with van der Waals surface area (Å²) >= 11 is 0. The molecule has 0 aromatic heterocycles. The number of urea groups is 1. The number of carbonyl (C=O) groups is 2. The van der Waals surface area contributed by atoms with Crippen molar-refractivity contribution in [3.05, 3.63) is 53.6 Å². The lowest BCUT2D eigenvalue weighted by atomic mass is 9.61. The highest BCUT2D eigenvalue weighted by Gasteiger charge is 2.66. The van der Waals surface area contributed by atoms with Gasteiger partial charge in [-0.15, -0.1) is 0 Å². The first-order chi connectivity index (χ1) is 15.0. The highest BCUT2D eigenvalue weighted by atomic mass is 16.5. The van der Waals surface area contributed by atoms with Crippen LogP contribution in [0.25, 0.3) is 11.1 Å². The topological polar surface area (TPSA) is 76.7 Å². The van der Waals surface area contributed by atoms with Crippen molar-refractivity contribution < 1.29 is 19.1 Å². The lowest BCUT2D eigenvalue weighted by Gasteiger charge is -2.46. The number of amides is 3. The molecule has 1 atom stereocenters. The van der Waals surface area contributed by atoms with Crippen molar-refractivity contribution >= 4 is 11.9 Å². The molecule has 1 aliphatic heterocycles. The van der Waals surface area contributed by atoms with Gasteiger partial charge in [-0.25, -0.2) is 4.79 Å². The first-order valence-electron chi connectivity index (χ1n) is 11.0. The predicted octanol–water partition coefficient (Wildman–Crippen LogP) is 3.92. The summed E-state index contributed by atoms with van der Waals surface area (Å²) in [5, 5.41) is 5.61. The van der Waals surface area contributed by atoms with E-state index in [0.717, 1.165) is 60.1 Å². The number of hydrogen-bond donors (Lipinski definition) is 2. The standard InChI is InChI=1S/C25H28N2O4/c1-3-31-19-9-11-24(12-10-19)15-18-8-7-17(16-5-4-6-20(13-16)30-2)14-21(18)25(24)22(28)26-23(29)27-25/h4-8,13-14,19H,3,9-12,15H2,1-2H3,(H2,26,27,28,29)/t19-,24-,25?. The summed E-state index contributed by atoms with van der Waals surface area (Å²) in [6, 6.07) is 13.8. The van der Waals surface area contributed by atoms with Crippen molar-refractivity contribution in [1.29, 1.82) is 0 Å². The Bertz CT molecular complexity index is 1040. The number of imide groups is 1. The average molecular weight is 421 g/mol. The minimum atomic E-state index is -1.02. The number of methoxy groups -OCH3 is 1. The molecular weight excluding hydrogens is 392 g/mol. The summed E-state index contributed by atoms with van der Waals surface area (Å²) in [4.78, 5) is 25.7. The molecule has 3 aliphatic rings. The Morgan fingerprint density at radius 1 is 1.06 bits per heavy atom. The monoisotopic (exact) mass is 420 g/mol. The second kappa shape index (κ2) is 7.38. The van der Waals surface area contributed by atoms with Crippen LogP contribution in [0.1, 0.15) is 43.7 Å². The molecule has 162 valence electrons. The highest BCUT2D eigenvalue weighted by molar-refractivity contribution is 6.09. The quantitative estimate of drug-likeness (QED) is 0.735. The third-order valence-electron chi connectivity index (χ3n) is 7.40. The Kier molecular flexibility index (Phi) is 4.77. The highest BCUT2D eigenvalue weighted by Crippen LogP contribution is 2.59. The number of fused-ring (bicyclic) bond motifs is 3. The van der Waals surface area contributed by atoms with E-state index >= 15 is 0 Å². The number of ether oxygens (including phenoxy) is 2. The minimum absolute atomic E-state index is 0.226.